The number of guanidine groups is 1. The molecule has 27 heavy (non-hydrogen) atoms. The van der Waals surface area contributed by atoms with E-state index >= 15 is 0 Å². The van der Waals surface area contributed by atoms with Crippen LogP contribution in [0.25, 0.3) is 0 Å². The molecule has 2 unspecified atom stereocenters. The number of halogens is 3. The number of alkyl halides is 3. The highest BCUT2D eigenvalue weighted by molar-refractivity contribution is 5.80. The predicted octanol–water partition coefficient (Wildman–Crippen LogP) is 3.01. The summed E-state index contributed by atoms with van der Waals surface area (Å²) in [4.78, 5) is 6.30. The molecule has 3 rings (SSSR count). The van der Waals surface area contributed by atoms with Crippen molar-refractivity contribution in [1.82, 2.24) is 10.6 Å². The highest BCUT2D eigenvalue weighted by atomic mass is 19.4. The Bertz CT molecular complexity index is 671. The molecule has 1 saturated heterocycles. The zero-order valence-electron chi connectivity index (χ0n) is 15.8. The third kappa shape index (κ3) is 5.28. The molecule has 0 radical (unpaired) electrons. The molecule has 1 aromatic rings. The zero-order valence-corrected chi connectivity index (χ0v) is 15.8. The molecule has 8 heteroatoms. The number of hydrogen-bond acceptors (Lipinski definition) is 3. The number of hydrogen-bond donors (Lipinski definition) is 2. The second-order valence-corrected chi connectivity index (χ2v) is 7.10. The lowest BCUT2D eigenvalue weighted by atomic mass is 10.1. The zero-order chi connectivity index (χ0) is 19.4. The van der Waals surface area contributed by atoms with E-state index in [1.165, 1.54) is 6.07 Å². The molecular formula is C19H27F3N4O. The number of ether oxygens (including phenoxy) is 1. The van der Waals surface area contributed by atoms with Gasteiger partial charge in [-0.05, 0) is 37.0 Å². The molecule has 0 spiro atoms. The monoisotopic (exact) mass is 384 g/mol. The Morgan fingerprint density at radius 2 is 2.00 bits per heavy atom. The maximum atomic E-state index is 13.6. The van der Waals surface area contributed by atoms with Crippen LogP contribution in [0.2, 0.25) is 0 Å². The Balaban J connectivity index is 1.79. The first-order chi connectivity index (χ1) is 12.9. The Morgan fingerprint density at radius 1 is 1.30 bits per heavy atom. The third-order valence-corrected chi connectivity index (χ3v) is 4.96. The van der Waals surface area contributed by atoms with Crippen molar-refractivity contribution in [3.8, 4) is 0 Å². The lowest BCUT2D eigenvalue weighted by molar-refractivity contribution is -0.138. The van der Waals surface area contributed by atoms with Crippen molar-refractivity contribution in [3.63, 3.8) is 0 Å². The summed E-state index contributed by atoms with van der Waals surface area (Å²) in [5.74, 6) is 1.14. The summed E-state index contributed by atoms with van der Waals surface area (Å²) in [5, 5.41) is 6.37. The van der Waals surface area contributed by atoms with Crippen molar-refractivity contribution in [2.75, 3.05) is 37.7 Å². The van der Waals surface area contributed by atoms with Gasteiger partial charge in [0.1, 0.15) is 0 Å². The van der Waals surface area contributed by atoms with Crippen LogP contribution in [0.15, 0.2) is 23.2 Å². The van der Waals surface area contributed by atoms with E-state index in [1.54, 1.807) is 12.1 Å². The number of nitrogens with zero attached hydrogens (tertiary/aromatic N) is 2. The van der Waals surface area contributed by atoms with Gasteiger partial charge < -0.3 is 20.3 Å². The molecule has 1 aliphatic carbocycles. The highest BCUT2D eigenvalue weighted by Gasteiger charge is 2.35. The lowest BCUT2D eigenvalue weighted by Crippen LogP contribution is -2.39. The van der Waals surface area contributed by atoms with E-state index < -0.39 is 11.7 Å². The molecule has 2 N–H and O–H groups in total. The summed E-state index contributed by atoms with van der Waals surface area (Å²) < 4.78 is 46.1. The third-order valence-electron chi connectivity index (χ3n) is 4.96. The van der Waals surface area contributed by atoms with Crippen LogP contribution < -0.4 is 15.5 Å². The van der Waals surface area contributed by atoms with Crippen LogP contribution in [0.1, 0.15) is 31.4 Å². The largest absolute Gasteiger partial charge is 0.416 e. The van der Waals surface area contributed by atoms with Crippen molar-refractivity contribution >= 4 is 11.6 Å². The smallest absolute Gasteiger partial charge is 0.378 e. The van der Waals surface area contributed by atoms with E-state index in [-0.39, 0.29) is 12.1 Å². The summed E-state index contributed by atoms with van der Waals surface area (Å²) >= 11 is 0. The van der Waals surface area contributed by atoms with Gasteiger partial charge in [-0.2, -0.15) is 13.2 Å². The molecule has 1 saturated carbocycles. The molecule has 2 fully saturated rings. The minimum atomic E-state index is -4.41. The Kier molecular flexibility index (Phi) is 6.14. The number of nitrogens with one attached hydrogen (secondary N) is 2. The van der Waals surface area contributed by atoms with E-state index in [0.717, 1.165) is 6.42 Å². The van der Waals surface area contributed by atoms with Gasteiger partial charge >= 0.3 is 6.18 Å². The first-order valence-electron chi connectivity index (χ1n) is 9.46. The molecule has 5 nitrogen and oxygen atoms in total. The van der Waals surface area contributed by atoms with Crippen molar-refractivity contribution in [1.29, 1.82) is 0 Å². The topological polar surface area (TPSA) is 48.9 Å². The molecule has 0 aromatic heterocycles. The molecule has 150 valence electrons. The Hall–Kier alpha value is -1.96. The van der Waals surface area contributed by atoms with Crippen LogP contribution in [-0.4, -0.2) is 44.8 Å². The highest BCUT2D eigenvalue weighted by Crippen LogP contribution is 2.35. The average Bonchev–Trinajstić information content (AvgIpc) is 3.34. The van der Waals surface area contributed by atoms with Gasteiger partial charge in [0.2, 0.25) is 0 Å². The minimum absolute atomic E-state index is 0.0192. The fraction of sp³-hybridized carbons (Fsp3) is 0.632. The molecular weight excluding hydrogens is 357 g/mol. The van der Waals surface area contributed by atoms with Gasteiger partial charge in [-0.15, -0.1) is 0 Å². The molecule has 2 aliphatic rings. The summed E-state index contributed by atoms with van der Waals surface area (Å²) in [5.41, 5.74) is 0.140. The number of benzene rings is 1. The van der Waals surface area contributed by atoms with E-state index in [0.29, 0.717) is 56.5 Å². The van der Waals surface area contributed by atoms with Crippen LogP contribution in [0.4, 0.5) is 18.9 Å². The quantitative estimate of drug-likeness (QED) is 0.605. The van der Waals surface area contributed by atoms with Gasteiger partial charge in [0.15, 0.2) is 5.96 Å². The van der Waals surface area contributed by atoms with Crippen LogP contribution in [0, 0.1) is 5.92 Å². The van der Waals surface area contributed by atoms with Gasteiger partial charge in [0, 0.05) is 31.4 Å². The first-order valence-corrected chi connectivity index (χ1v) is 9.46. The van der Waals surface area contributed by atoms with Crippen LogP contribution >= 0.6 is 0 Å². The number of anilines is 1. The summed E-state index contributed by atoms with van der Waals surface area (Å²) in [6.45, 7) is 6.98. The molecule has 1 heterocycles. The average molecular weight is 384 g/mol. The van der Waals surface area contributed by atoms with Gasteiger partial charge in [0.05, 0.1) is 25.3 Å². The fourth-order valence-corrected chi connectivity index (χ4v) is 3.17. The predicted molar refractivity (Wildman–Crippen MR) is 100.0 cm³/mol. The van der Waals surface area contributed by atoms with Gasteiger partial charge in [0.25, 0.3) is 0 Å². The van der Waals surface area contributed by atoms with Crippen LogP contribution in [-0.2, 0) is 17.5 Å². The van der Waals surface area contributed by atoms with E-state index in [1.807, 2.05) is 11.8 Å². The summed E-state index contributed by atoms with van der Waals surface area (Å²) in [7, 11) is 0. The number of rotatable bonds is 5. The standard InChI is InChI=1S/C19H27F3N4O/c1-3-23-18(25-17-10-13(17)2)24-12-14-4-5-15(11-16(14)19(20,21)22)26-6-8-27-9-7-26/h4-5,11,13,17H,3,6-10,12H2,1-2H3,(H2,23,24,25). The second kappa shape index (κ2) is 8.37. The van der Waals surface area contributed by atoms with Crippen LogP contribution in [0.3, 0.4) is 0 Å². The molecule has 1 aromatic carbocycles. The van der Waals surface area contributed by atoms with Gasteiger partial charge in [-0.3, -0.25) is 0 Å². The van der Waals surface area contributed by atoms with Gasteiger partial charge in [-0.1, -0.05) is 13.0 Å². The van der Waals surface area contributed by atoms with Gasteiger partial charge in [-0.25, -0.2) is 4.99 Å². The summed E-state index contributed by atoms with van der Waals surface area (Å²) in [6, 6.07) is 4.88. The SMILES string of the molecule is CCNC(=NCc1ccc(N2CCOCC2)cc1C(F)(F)F)NC1CC1C. The molecule has 0 bridgehead atoms. The maximum Gasteiger partial charge on any atom is 0.416 e. The van der Waals surface area contributed by atoms with Crippen LogP contribution in [0.5, 0.6) is 0 Å². The maximum absolute atomic E-state index is 13.6. The molecule has 0 amide bonds. The Labute approximate surface area is 158 Å². The van der Waals surface area contributed by atoms with Crippen molar-refractivity contribution in [3.05, 3.63) is 29.3 Å². The van der Waals surface area contributed by atoms with E-state index in [2.05, 4.69) is 22.5 Å². The molecule has 2 atom stereocenters. The number of morpholine rings is 1. The normalized spacial score (nSPS) is 23.3. The molecule has 1 aliphatic heterocycles. The fourth-order valence-electron chi connectivity index (χ4n) is 3.17. The van der Waals surface area contributed by atoms with Crippen molar-refractivity contribution in [2.24, 2.45) is 10.9 Å². The van der Waals surface area contributed by atoms with Crippen molar-refractivity contribution in [2.45, 2.75) is 39.0 Å². The Morgan fingerprint density at radius 3 is 2.59 bits per heavy atom. The minimum Gasteiger partial charge on any atom is -0.378 e. The summed E-state index contributed by atoms with van der Waals surface area (Å²) in [6.07, 6.45) is -3.35. The lowest BCUT2D eigenvalue weighted by Gasteiger charge is -2.29. The number of aliphatic imine (C=N–C) groups is 1. The second-order valence-electron chi connectivity index (χ2n) is 7.10. The van der Waals surface area contributed by atoms with E-state index in [9.17, 15) is 13.2 Å². The van der Waals surface area contributed by atoms with E-state index in [4.69, 9.17) is 4.74 Å². The van der Waals surface area contributed by atoms with Crippen molar-refractivity contribution < 1.29 is 17.9 Å². The first kappa shape index (κ1) is 19.8.